The van der Waals surface area contributed by atoms with Crippen LogP contribution in [0.3, 0.4) is 0 Å². The molecule has 4 aromatic carbocycles. The number of hydrogen-bond acceptors (Lipinski definition) is 0. The number of allylic oxidation sites excluding steroid dienone is 2. The van der Waals surface area contributed by atoms with Gasteiger partial charge in [0, 0.05) is 0 Å². The fourth-order valence-electron chi connectivity index (χ4n) is 9.20. The summed E-state index contributed by atoms with van der Waals surface area (Å²) in [4.78, 5) is 0. The molecular weight excluding hydrogens is 791 g/mol. The average Bonchev–Trinajstić information content (AvgIpc) is 3.59. The van der Waals surface area contributed by atoms with Gasteiger partial charge in [-0.3, -0.25) is 0 Å². The van der Waals surface area contributed by atoms with E-state index in [9.17, 15) is 0 Å². The van der Waals surface area contributed by atoms with E-state index in [1.807, 2.05) is 0 Å². The van der Waals surface area contributed by atoms with Gasteiger partial charge in [0.05, 0.1) is 0 Å². The first-order valence-electron chi connectivity index (χ1n) is 20.2. The van der Waals surface area contributed by atoms with Crippen LogP contribution in [0.2, 0.25) is 13.1 Å². The molecule has 0 saturated heterocycles. The van der Waals surface area contributed by atoms with E-state index in [-0.39, 0.29) is 28.9 Å². The van der Waals surface area contributed by atoms with E-state index in [1.54, 1.807) is 0 Å². The molecule has 2 unspecified atom stereocenters. The normalized spacial score (nSPS) is 18.6. The van der Waals surface area contributed by atoms with Crippen LogP contribution in [0.4, 0.5) is 0 Å². The molecule has 0 aliphatic heterocycles. The topological polar surface area (TPSA) is 0 Å². The van der Waals surface area contributed by atoms with E-state index in [4.69, 9.17) is 17.0 Å². The molecule has 0 radical (unpaired) electrons. The van der Waals surface area contributed by atoms with Crippen LogP contribution in [0.15, 0.2) is 83.9 Å². The monoisotopic (exact) mass is 853 g/mol. The zero-order valence-corrected chi connectivity index (χ0v) is 41.2. The van der Waals surface area contributed by atoms with Crippen molar-refractivity contribution in [3.63, 3.8) is 0 Å². The van der Waals surface area contributed by atoms with Gasteiger partial charge >= 0.3 is 340 Å². The third-order valence-corrected chi connectivity index (χ3v) is 65.0. The fourth-order valence-corrected chi connectivity index (χ4v) is 42.1. The maximum absolute atomic E-state index is 8.68. The van der Waals surface area contributed by atoms with E-state index < -0.39 is 21.5 Å². The predicted octanol–water partition coefficient (Wildman–Crippen LogP) is 15.8. The Bertz CT molecular complexity index is 1990. The first-order valence-corrected chi connectivity index (χ1v) is 36.5. The minimum atomic E-state index is -4.86. The van der Waals surface area contributed by atoms with Crippen molar-refractivity contribution >= 4 is 35.1 Å². The van der Waals surface area contributed by atoms with E-state index >= 15 is 0 Å². The van der Waals surface area contributed by atoms with E-state index in [0.717, 1.165) is 0 Å². The van der Waals surface area contributed by atoms with Crippen LogP contribution in [0.25, 0.3) is 34.4 Å². The summed E-state index contributed by atoms with van der Waals surface area (Å²) < 4.78 is 0.118. The van der Waals surface area contributed by atoms with Crippen LogP contribution in [-0.2, 0) is 37.2 Å². The van der Waals surface area contributed by atoms with Crippen molar-refractivity contribution < 1.29 is 15.6 Å². The van der Waals surface area contributed by atoms with Gasteiger partial charge in [0.25, 0.3) is 0 Å². The number of fused-ring (bicyclic) bond motifs is 2. The number of hydrogen-bond donors (Lipinski definition) is 0. The summed E-state index contributed by atoms with van der Waals surface area (Å²) in [5.74, 6) is -1.66. The summed E-state index contributed by atoms with van der Waals surface area (Å²) in [6.07, 6.45) is 4.89. The molecule has 0 N–H and O–H groups in total. The first kappa shape index (κ1) is 41.7. The third-order valence-electron chi connectivity index (χ3n) is 12.7. The molecule has 0 saturated carbocycles. The summed E-state index contributed by atoms with van der Waals surface area (Å²) in [7, 11) is 17.4. The van der Waals surface area contributed by atoms with Gasteiger partial charge in [-0.1, -0.05) is 0 Å². The van der Waals surface area contributed by atoms with Crippen molar-refractivity contribution in [1.29, 1.82) is 0 Å². The van der Waals surface area contributed by atoms with Gasteiger partial charge in [-0.15, -0.1) is 0 Å². The Hall–Kier alpha value is -1.96. The average molecular weight is 856 g/mol. The van der Waals surface area contributed by atoms with Crippen molar-refractivity contribution in [3.8, 4) is 22.3 Å². The quantitative estimate of drug-likeness (QED) is 0.175. The summed E-state index contributed by atoms with van der Waals surface area (Å²) >= 11 is -4.86. The molecule has 54 heavy (non-hydrogen) atoms. The molecule has 0 bridgehead atoms. The Morgan fingerprint density at radius 3 is 1.04 bits per heavy atom. The molecule has 0 amide bonds. The Kier molecular flexibility index (Phi) is 10.5. The van der Waals surface area contributed by atoms with Crippen LogP contribution in [0.5, 0.6) is 0 Å². The molecule has 0 aromatic heterocycles. The van der Waals surface area contributed by atoms with Gasteiger partial charge < -0.3 is 0 Å². The summed E-state index contributed by atoms with van der Waals surface area (Å²) in [5, 5.41) is 0. The van der Waals surface area contributed by atoms with Crippen molar-refractivity contribution in [3.05, 3.63) is 128 Å². The number of halogens is 2. The summed E-state index contributed by atoms with van der Waals surface area (Å²) in [5.41, 5.74) is 18.7. The molecule has 0 heterocycles. The second-order valence-electron chi connectivity index (χ2n) is 21.2. The van der Waals surface area contributed by atoms with Crippen molar-refractivity contribution in [2.45, 2.75) is 139 Å². The van der Waals surface area contributed by atoms with E-state index in [2.05, 4.69) is 195 Å². The van der Waals surface area contributed by atoms with Gasteiger partial charge in [0.1, 0.15) is 0 Å². The zero-order valence-electron chi connectivity index (χ0n) is 36.1. The van der Waals surface area contributed by atoms with Crippen LogP contribution < -0.4 is 0 Å². The van der Waals surface area contributed by atoms with Gasteiger partial charge in [0.15, 0.2) is 0 Å². The van der Waals surface area contributed by atoms with Crippen molar-refractivity contribution in [1.82, 2.24) is 0 Å². The third kappa shape index (κ3) is 7.12. The Labute approximate surface area is 337 Å². The molecule has 2 atom stereocenters. The molecule has 2 aliphatic carbocycles. The standard InChI is InChI=1S/2C24H29.C2H7Si.2ClH.Zr/c2*1-16-11-17-9-8-10-21(22(17)12-16)18-13-19(23(2,3)4)15-20(14-18)24(5,6)7;1-3-2;;;/h2*8-15H,1-7H3;3H,1-2H3;2*1H;/q;;;;;+2/p-2. The predicted molar refractivity (Wildman–Crippen MR) is 242 cm³/mol. The van der Waals surface area contributed by atoms with Crippen LogP contribution in [-0.4, -0.2) is 5.92 Å². The summed E-state index contributed by atoms with van der Waals surface area (Å²) in [6.45, 7) is 37.4. The maximum atomic E-state index is 8.68. The second-order valence-corrected chi connectivity index (χ2v) is 63.7. The molecule has 0 nitrogen and oxygen atoms in total. The molecule has 287 valence electrons. The molecule has 4 heteroatoms. The van der Waals surface area contributed by atoms with E-state index in [0.29, 0.717) is 0 Å². The first-order chi connectivity index (χ1) is 24.6. The van der Waals surface area contributed by atoms with Gasteiger partial charge in [0.2, 0.25) is 0 Å². The number of rotatable bonds is 5. The van der Waals surface area contributed by atoms with Gasteiger partial charge in [-0.25, -0.2) is 0 Å². The SMILES string of the molecule is CC1=Cc2c(-c3cc(C(C)(C)C)cc(C(C)(C)C)c3)cccc2[CH]1[Zr]([Cl])([Cl])([CH]1C(C)=Cc2c(-c3cc(C(C)(C)C)cc(C(C)(C)C)c3)cccc21)[SiH](C)C. The van der Waals surface area contributed by atoms with Gasteiger partial charge in [-0.05, 0) is 0 Å². The van der Waals surface area contributed by atoms with Crippen molar-refractivity contribution in [2.24, 2.45) is 0 Å². The molecular formula is C50H65Cl2SiZr. The van der Waals surface area contributed by atoms with Crippen LogP contribution >= 0.6 is 17.0 Å². The minimum absolute atomic E-state index is 0.0361. The van der Waals surface area contributed by atoms with E-state index in [1.165, 1.54) is 77.9 Å². The molecule has 6 rings (SSSR count). The number of benzene rings is 4. The Morgan fingerprint density at radius 2 is 0.778 bits per heavy atom. The molecule has 0 spiro atoms. The Morgan fingerprint density at radius 1 is 0.481 bits per heavy atom. The molecule has 2 aliphatic rings. The summed E-state index contributed by atoms with van der Waals surface area (Å²) in [6, 6.07) is 28.4. The zero-order chi connectivity index (χ0) is 40.2. The second kappa shape index (κ2) is 13.6. The Balaban J connectivity index is 1.55. The van der Waals surface area contributed by atoms with Crippen molar-refractivity contribution in [2.75, 3.05) is 0 Å². The van der Waals surface area contributed by atoms with Gasteiger partial charge in [-0.2, -0.15) is 0 Å². The molecule has 4 aromatic rings. The fraction of sp³-hybridized carbons (Fsp3) is 0.440. The molecule has 0 fully saturated rings. The van der Waals surface area contributed by atoms with Crippen LogP contribution in [0, 0.1) is 0 Å². The van der Waals surface area contributed by atoms with Crippen LogP contribution in [0.1, 0.15) is 149 Å².